The van der Waals surface area contributed by atoms with Crippen LogP contribution in [0.1, 0.15) is 72.1 Å². The number of carbonyl (C=O) groups excluding carboxylic acids is 1. The predicted octanol–water partition coefficient (Wildman–Crippen LogP) is 2.68. The number of Topliss-reactive ketones (excluding diaryl/α,β-unsaturated/α-hetero) is 1. The van der Waals surface area contributed by atoms with Gasteiger partial charge in [0.05, 0.1) is 17.8 Å². The van der Waals surface area contributed by atoms with Crippen LogP contribution in [0.3, 0.4) is 0 Å². The average molecular weight is 350 g/mol. The molecule has 25 heavy (non-hydrogen) atoms. The minimum atomic E-state index is -1.14. The molecule has 0 bridgehead atoms. The van der Waals surface area contributed by atoms with Crippen LogP contribution in [0.15, 0.2) is 0 Å². The van der Waals surface area contributed by atoms with Gasteiger partial charge in [-0.15, -0.1) is 0 Å². The molecule has 0 radical (unpaired) electrons. The van der Waals surface area contributed by atoms with E-state index in [0.29, 0.717) is 36.4 Å². The lowest BCUT2D eigenvalue weighted by Crippen LogP contribution is -2.62. The lowest BCUT2D eigenvalue weighted by atomic mass is 9.44. The monoisotopic (exact) mass is 350 g/mol. The Bertz CT molecular complexity index is 574. The maximum Gasteiger partial charge on any atom is 0.137 e. The minimum Gasteiger partial charge on any atom is -0.393 e. The van der Waals surface area contributed by atoms with Crippen molar-refractivity contribution >= 4 is 5.78 Å². The largest absolute Gasteiger partial charge is 0.393 e. The fourth-order valence-corrected chi connectivity index (χ4v) is 7.77. The van der Waals surface area contributed by atoms with Crippen LogP contribution in [0.5, 0.6) is 0 Å². The first kappa shape index (κ1) is 17.9. The highest BCUT2D eigenvalue weighted by atomic mass is 16.3. The van der Waals surface area contributed by atoms with Crippen molar-refractivity contribution in [3.63, 3.8) is 0 Å². The molecule has 0 aliphatic heterocycles. The summed E-state index contributed by atoms with van der Waals surface area (Å²) >= 11 is 0. The second-order valence-corrected chi connectivity index (χ2v) is 10.2. The Hall–Kier alpha value is -0.450. The standard InChI is InChI=1S/C21H34O4/c1-12(22)21(25)9-7-16-15-5-4-13-10-14(23)6-8-19(13,2)18(15)17(24)11-20(16,21)3/h12-16,18,22-23,25H,4-11H2,1-3H3/t12-,13+,14-,15-,16-,18-,19+,20+,21+/m1/s1. The van der Waals surface area contributed by atoms with E-state index in [0.717, 1.165) is 38.5 Å². The van der Waals surface area contributed by atoms with E-state index in [1.165, 1.54) is 0 Å². The zero-order valence-corrected chi connectivity index (χ0v) is 15.9. The molecule has 3 N–H and O–H groups in total. The van der Waals surface area contributed by atoms with Crippen molar-refractivity contribution in [1.82, 2.24) is 0 Å². The summed E-state index contributed by atoms with van der Waals surface area (Å²) in [6.07, 6.45) is 5.60. The number of aliphatic hydroxyl groups is 3. The minimum absolute atomic E-state index is 0.00605. The third-order valence-electron chi connectivity index (χ3n) is 9.23. The molecule has 0 aromatic heterocycles. The number of hydrogen-bond acceptors (Lipinski definition) is 4. The number of hydrogen-bond donors (Lipinski definition) is 3. The first-order chi connectivity index (χ1) is 11.6. The van der Waals surface area contributed by atoms with Gasteiger partial charge in [0, 0.05) is 17.8 Å². The summed E-state index contributed by atoms with van der Waals surface area (Å²) in [7, 11) is 0. The zero-order chi connectivity index (χ0) is 18.2. The second-order valence-electron chi connectivity index (χ2n) is 10.2. The van der Waals surface area contributed by atoms with Gasteiger partial charge in [0.25, 0.3) is 0 Å². The van der Waals surface area contributed by atoms with Gasteiger partial charge in [-0.2, -0.15) is 0 Å². The van der Waals surface area contributed by atoms with Crippen LogP contribution < -0.4 is 0 Å². The van der Waals surface area contributed by atoms with Crippen LogP contribution in [0.25, 0.3) is 0 Å². The van der Waals surface area contributed by atoms with Gasteiger partial charge in [0.2, 0.25) is 0 Å². The van der Waals surface area contributed by atoms with Crippen molar-refractivity contribution in [2.24, 2.45) is 34.5 Å². The molecule has 0 aromatic rings. The molecule has 4 heteroatoms. The molecule has 4 nitrogen and oxygen atoms in total. The molecular formula is C21H34O4. The van der Waals surface area contributed by atoms with Gasteiger partial charge in [-0.25, -0.2) is 0 Å². The first-order valence-corrected chi connectivity index (χ1v) is 10.2. The van der Waals surface area contributed by atoms with Gasteiger partial charge >= 0.3 is 0 Å². The molecule has 142 valence electrons. The van der Waals surface area contributed by atoms with Crippen molar-refractivity contribution in [3.8, 4) is 0 Å². The molecular weight excluding hydrogens is 316 g/mol. The predicted molar refractivity (Wildman–Crippen MR) is 94.8 cm³/mol. The van der Waals surface area contributed by atoms with Gasteiger partial charge in [-0.1, -0.05) is 13.8 Å². The summed E-state index contributed by atoms with van der Waals surface area (Å²) in [6.45, 7) is 6.01. The molecule has 4 aliphatic carbocycles. The molecule has 0 unspecified atom stereocenters. The lowest BCUT2D eigenvalue weighted by molar-refractivity contribution is -0.190. The number of carbonyl (C=O) groups is 1. The SMILES string of the molecule is C[C@@H](O)[C@@]1(O)CC[C@@H]2[C@H]3CC[C@H]4C[C@H](O)CC[C@]4(C)[C@H]3C(=O)C[C@@]21C. The fourth-order valence-electron chi connectivity index (χ4n) is 7.77. The summed E-state index contributed by atoms with van der Waals surface area (Å²) in [5, 5.41) is 31.6. The molecule has 4 aliphatic rings. The first-order valence-electron chi connectivity index (χ1n) is 10.2. The van der Waals surface area contributed by atoms with E-state index in [-0.39, 0.29) is 17.4 Å². The van der Waals surface area contributed by atoms with Gasteiger partial charge in [-0.3, -0.25) is 4.79 Å². The van der Waals surface area contributed by atoms with Crippen LogP contribution in [0.2, 0.25) is 0 Å². The van der Waals surface area contributed by atoms with E-state index in [9.17, 15) is 20.1 Å². The summed E-state index contributed by atoms with van der Waals surface area (Å²) < 4.78 is 0. The quantitative estimate of drug-likeness (QED) is 0.679. The van der Waals surface area contributed by atoms with Crippen molar-refractivity contribution < 1.29 is 20.1 Å². The molecule has 4 rings (SSSR count). The Morgan fingerprint density at radius 1 is 1.12 bits per heavy atom. The molecule has 0 heterocycles. The van der Waals surface area contributed by atoms with E-state index in [4.69, 9.17) is 0 Å². The molecule has 4 saturated carbocycles. The van der Waals surface area contributed by atoms with E-state index < -0.39 is 17.1 Å². The molecule has 0 spiro atoms. The highest BCUT2D eigenvalue weighted by molar-refractivity contribution is 5.84. The van der Waals surface area contributed by atoms with Gasteiger partial charge in [0.1, 0.15) is 5.78 Å². The van der Waals surface area contributed by atoms with E-state index in [1.807, 2.05) is 6.92 Å². The smallest absolute Gasteiger partial charge is 0.137 e. The summed E-state index contributed by atoms with van der Waals surface area (Å²) in [6, 6.07) is 0. The van der Waals surface area contributed by atoms with Crippen LogP contribution in [0.4, 0.5) is 0 Å². The van der Waals surface area contributed by atoms with Gasteiger partial charge < -0.3 is 15.3 Å². The van der Waals surface area contributed by atoms with Crippen LogP contribution in [-0.2, 0) is 4.79 Å². The Morgan fingerprint density at radius 3 is 2.52 bits per heavy atom. The average Bonchev–Trinajstić information content (AvgIpc) is 2.80. The Morgan fingerprint density at radius 2 is 1.84 bits per heavy atom. The third kappa shape index (κ3) is 2.20. The molecule has 0 amide bonds. The molecule has 0 aromatic carbocycles. The number of rotatable bonds is 1. The number of aliphatic hydroxyl groups excluding tert-OH is 2. The number of fused-ring (bicyclic) bond motifs is 5. The lowest BCUT2D eigenvalue weighted by Gasteiger charge is -2.60. The Labute approximate surface area is 151 Å². The van der Waals surface area contributed by atoms with Crippen LogP contribution in [-0.4, -0.2) is 38.9 Å². The van der Waals surface area contributed by atoms with Crippen molar-refractivity contribution in [1.29, 1.82) is 0 Å². The summed E-state index contributed by atoms with van der Waals surface area (Å²) in [5.74, 6) is 1.47. The Kier molecular flexibility index (Phi) is 3.97. The van der Waals surface area contributed by atoms with Crippen molar-refractivity contribution in [3.05, 3.63) is 0 Å². The van der Waals surface area contributed by atoms with Crippen LogP contribution in [0, 0.1) is 34.5 Å². The maximum absolute atomic E-state index is 13.4. The number of ketones is 1. The van der Waals surface area contributed by atoms with Crippen molar-refractivity contribution in [2.45, 2.75) is 89.9 Å². The van der Waals surface area contributed by atoms with Gasteiger partial charge in [-0.05, 0) is 75.0 Å². The van der Waals surface area contributed by atoms with E-state index in [1.54, 1.807) is 6.92 Å². The Balaban J connectivity index is 1.70. The van der Waals surface area contributed by atoms with Crippen LogP contribution >= 0.6 is 0 Å². The fraction of sp³-hybridized carbons (Fsp3) is 0.952. The van der Waals surface area contributed by atoms with Gasteiger partial charge in [0.15, 0.2) is 0 Å². The molecule has 0 saturated heterocycles. The van der Waals surface area contributed by atoms with E-state index >= 15 is 0 Å². The highest BCUT2D eigenvalue weighted by Crippen LogP contribution is 2.67. The topological polar surface area (TPSA) is 77.8 Å². The second kappa shape index (κ2) is 5.53. The van der Waals surface area contributed by atoms with E-state index in [2.05, 4.69) is 6.92 Å². The van der Waals surface area contributed by atoms with Crippen molar-refractivity contribution in [2.75, 3.05) is 0 Å². The summed E-state index contributed by atoms with van der Waals surface area (Å²) in [4.78, 5) is 13.4. The molecule has 4 fully saturated rings. The maximum atomic E-state index is 13.4. The summed E-state index contributed by atoms with van der Waals surface area (Å²) in [5.41, 5.74) is -1.64. The normalized spacial score (nSPS) is 56.7. The zero-order valence-electron chi connectivity index (χ0n) is 15.9. The third-order valence-corrected chi connectivity index (χ3v) is 9.23. The molecule has 9 atom stereocenters. The highest BCUT2D eigenvalue weighted by Gasteiger charge is 2.68.